The molecule has 150 valence electrons. The van der Waals surface area contributed by atoms with Gasteiger partial charge in [-0.05, 0) is 42.7 Å². The van der Waals surface area contributed by atoms with E-state index in [0.717, 1.165) is 16.9 Å². The van der Waals surface area contributed by atoms with Crippen LogP contribution >= 0.6 is 0 Å². The number of hydrogen-bond acceptors (Lipinski definition) is 6. The van der Waals surface area contributed by atoms with Crippen molar-refractivity contribution in [1.29, 1.82) is 0 Å². The lowest BCUT2D eigenvalue weighted by atomic mass is 9.67. The number of anilines is 2. The summed E-state index contributed by atoms with van der Waals surface area (Å²) < 4.78 is 32.4. The second-order valence-electron chi connectivity index (χ2n) is 7.34. The number of sulfonamides is 1. The average Bonchev–Trinajstić information content (AvgIpc) is 3.12. The summed E-state index contributed by atoms with van der Waals surface area (Å²) in [5.41, 5.74) is 3.16. The summed E-state index contributed by atoms with van der Waals surface area (Å²) in [5.74, 6) is 0.641. The Morgan fingerprint density at radius 3 is 2.28 bits per heavy atom. The summed E-state index contributed by atoms with van der Waals surface area (Å²) in [6, 6.07) is 12.7. The first-order valence-electron chi connectivity index (χ1n) is 9.04. The van der Waals surface area contributed by atoms with Crippen molar-refractivity contribution >= 4 is 29.2 Å². The Labute approximate surface area is 172 Å². The molecule has 0 fully saturated rings. The zero-order valence-corrected chi connectivity index (χ0v) is 17.9. The number of rotatable bonds is 6. The molecular formula is C20H23BN4O3S. The van der Waals surface area contributed by atoms with Gasteiger partial charge >= 0.3 is 0 Å². The van der Waals surface area contributed by atoms with Crippen LogP contribution in [0.15, 0.2) is 51.8 Å². The Bertz CT molecular complexity index is 1120. The van der Waals surface area contributed by atoms with Crippen LogP contribution in [0, 0.1) is 6.92 Å². The van der Waals surface area contributed by atoms with E-state index in [-0.39, 0.29) is 10.8 Å². The van der Waals surface area contributed by atoms with Gasteiger partial charge < -0.3 is 9.32 Å². The summed E-state index contributed by atoms with van der Waals surface area (Å²) in [6.07, 6.45) is 0. The van der Waals surface area contributed by atoms with Crippen LogP contribution < -0.4 is 9.62 Å². The summed E-state index contributed by atoms with van der Waals surface area (Å²) >= 11 is 0. The molecular weight excluding hydrogens is 387 g/mol. The maximum absolute atomic E-state index is 12.3. The molecule has 1 N–H and O–H groups in total. The maximum atomic E-state index is 12.3. The molecule has 0 bridgehead atoms. The van der Waals surface area contributed by atoms with E-state index >= 15 is 0 Å². The Kier molecular flexibility index (Phi) is 5.56. The van der Waals surface area contributed by atoms with Gasteiger partial charge in [-0.3, -0.25) is 0 Å². The molecule has 1 heterocycles. The van der Waals surface area contributed by atoms with Crippen LogP contribution in [0.1, 0.15) is 25.3 Å². The van der Waals surface area contributed by atoms with E-state index < -0.39 is 15.3 Å². The molecule has 0 saturated carbocycles. The second kappa shape index (κ2) is 7.64. The highest BCUT2D eigenvalue weighted by atomic mass is 32.2. The molecule has 3 rings (SSSR count). The fourth-order valence-electron chi connectivity index (χ4n) is 2.92. The maximum Gasteiger partial charge on any atom is 0.249 e. The highest BCUT2D eigenvalue weighted by molar-refractivity contribution is 7.89. The molecule has 0 aliphatic carbocycles. The molecule has 0 aliphatic heterocycles. The van der Waals surface area contributed by atoms with Gasteiger partial charge in [0.05, 0.1) is 24.0 Å². The zero-order chi connectivity index (χ0) is 21.4. The van der Waals surface area contributed by atoms with Crippen molar-refractivity contribution in [2.75, 3.05) is 19.0 Å². The Balaban J connectivity index is 2.10. The fraction of sp³-hybridized carbons (Fsp3) is 0.300. The number of hydrogen-bond donors (Lipinski definition) is 1. The van der Waals surface area contributed by atoms with Crippen molar-refractivity contribution in [3.8, 4) is 11.5 Å². The lowest BCUT2D eigenvalue weighted by Crippen LogP contribution is -2.19. The number of aromatic nitrogens is 2. The molecule has 1 aromatic heterocycles. The van der Waals surface area contributed by atoms with E-state index in [0.29, 0.717) is 11.5 Å². The van der Waals surface area contributed by atoms with Crippen LogP contribution in [0.25, 0.3) is 11.5 Å². The first-order chi connectivity index (χ1) is 13.5. The third-order valence-corrected chi connectivity index (χ3v) is 6.08. The largest absolute Gasteiger partial charge is 0.421 e. The van der Waals surface area contributed by atoms with E-state index in [9.17, 15) is 8.42 Å². The average molecular weight is 410 g/mol. The predicted molar refractivity (Wildman–Crippen MR) is 114 cm³/mol. The van der Waals surface area contributed by atoms with Crippen molar-refractivity contribution in [2.24, 2.45) is 0 Å². The Morgan fingerprint density at radius 1 is 1.10 bits per heavy atom. The number of nitrogens with one attached hydrogen (secondary N) is 1. The van der Waals surface area contributed by atoms with Crippen molar-refractivity contribution < 1.29 is 12.8 Å². The van der Waals surface area contributed by atoms with Gasteiger partial charge in [0.15, 0.2) is 0 Å². The van der Waals surface area contributed by atoms with Crippen molar-refractivity contribution in [3.63, 3.8) is 0 Å². The molecule has 9 heteroatoms. The zero-order valence-electron chi connectivity index (χ0n) is 17.1. The molecule has 0 amide bonds. The lowest BCUT2D eigenvalue weighted by molar-refractivity contribution is 0.532. The van der Waals surface area contributed by atoms with Gasteiger partial charge in [-0.1, -0.05) is 31.5 Å². The molecule has 0 aliphatic rings. The highest BCUT2D eigenvalue weighted by Gasteiger charge is 2.21. The lowest BCUT2D eigenvalue weighted by Gasteiger charge is -2.24. The van der Waals surface area contributed by atoms with E-state index in [4.69, 9.17) is 12.3 Å². The van der Waals surface area contributed by atoms with Gasteiger partial charge in [-0.2, -0.15) is 0 Å². The quantitative estimate of drug-likeness (QED) is 0.629. The second-order valence-corrected chi connectivity index (χ2v) is 9.23. The van der Waals surface area contributed by atoms with Gasteiger partial charge in [-0.15, -0.1) is 10.2 Å². The van der Waals surface area contributed by atoms with E-state index in [1.807, 2.05) is 50.1 Å². The third kappa shape index (κ3) is 4.35. The molecule has 0 spiro atoms. The van der Waals surface area contributed by atoms with Crippen LogP contribution in [-0.4, -0.2) is 40.6 Å². The van der Waals surface area contributed by atoms with Crippen molar-refractivity contribution in [2.45, 2.75) is 31.0 Å². The SMILES string of the molecule is [B]C(C)(C)c1ccc(N(C)c2ccc(S(=O)(=O)NC)cc2-c2nnc(C)o2)cc1. The summed E-state index contributed by atoms with van der Waals surface area (Å²) in [6.45, 7) is 5.58. The highest BCUT2D eigenvalue weighted by Crippen LogP contribution is 2.36. The minimum atomic E-state index is -3.62. The van der Waals surface area contributed by atoms with Gasteiger partial charge in [0.2, 0.25) is 21.8 Å². The molecule has 29 heavy (non-hydrogen) atoms. The molecule has 0 saturated heterocycles. The third-order valence-electron chi connectivity index (χ3n) is 4.66. The van der Waals surface area contributed by atoms with Crippen molar-refractivity contribution in [3.05, 3.63) is 53.9 Å². The van der Waals surface area contributed by atoms with Gasteiger partial charge in [0.25, 0.3) is 0 Å². The predicted octanol–water partition coefficient (Wildman–Crippen LogP) is 3.12. The molecule has 2 radical (unpaired) electrons. The summed E-state index contributed by atoms with van der Waals surface area (Å²) in [5, 5.41) is 7.51. The molecule has 0 atom stereocenters. The van der Waals surface area contributed by atoms with Crippen LogP contribution in [-0.2, 0) is 15.3 Å². The van der Waals surface area contributed by atoms with E-state index in [2.05, 4.69) is 14.9 Å². The first-order valence-corrected chi connectivity index (χ1v) is 10.5. The first kappa shape index (κ1) is 21.1. The van der Waals surface area contributed by atoms with E-state index in [1.165, 1.54) is 13.1 Å². The number of nitrogens with zero attached hydrogens (tertiary/aromatic N) is 3. The smallest absolute Gasteiger partial charge is 0.249 e. The standard InChI is InChI=1S/C20H23BN4O3S/c1-13-23-24-19(28-13)17-12-16(29(26,27)22-4)10-11-18(17)25(5)15-8-6-14(7-9-15)20(2,3)21/h6-12,22H,1-5H3. The Morgan fingerprint density at radius 2 is 1.76 bits per heavy atom. The molecule has 7 nitrogen and oxygen atoms in total. The van der Waals surface area contributed by atoms with Gasteiger partial charge in [0.1, 0.15) is 0 Å². The summed E-state index contributed by atoms with van der Waals surface area (Å²) in [7, 11) is 5.79. The minimum absolute atomic E-state index is 0.114. The number of aryl methyl sites for hydroxylation is 1. The molecule has 0 unspecified atom stereocenters. The van der Waals surface area contributed by atoms with E-state index in [1.54, 1.807) is 19.1 Å². The fourth-order valence-corrected chi connectivity index (χ4v) is 3.68. The minimum Gasteiger partial charge on any atom is -0.421 e. The van der Waals surface area contributed by atoms with Crippen LogP contribution in [0.4, 0.5) is 11.4 Å². The Hall–Kier alpha value is -2.65. The van der Waals surface area contributed by atoms with Crippen LogP contribution in [0.5, 0.6) is 0 Å². The normalized spacial score (nSPS) is 12.2. The van der Waals surface area contributed by atoms with Gasteiger partial charge in [-0.25, -0.2) is 13.1 Å². The number of benzene rings is 2. The summed E-state index contributed by atoms with van der Waals surface area (Å²) in [4.78, 5) is 2.04. The molecule has 2 aromatic carbocycles. The van der Waals surface area contributed by atoms with Gasteiger partial charge in [0, 0.05) is 19.7 Å². The topological polar surface area (TPSA) is 88.3 Å². The van der Waals surface area contributed by atoms with Crippen molar-refractivity contribution in [1.82, 2.24) is 14.9 Å². The van der Waals surface area contributed by atoms with Crippen LogP contribution in [0.3, 0.4) is 0 Å². The van der Waals surface area contributed by atoms with Crippen LogP contribution in [0.2, 0.25) is 0 Å². The molecule has 3 aromatic rings. The monoisotopic (exact) mass is 410 g/mol.